The lowest BCUT2D eigenvalue weighted by atomic mass is 10.1. The van der Waals surface area contributed by atoms with E-state index < -0.39 is 0 Å². The number of nitrogens with one attached hydrogen (secondary N) is 1. The lowest BCUT2D eigenvalue weighted by molar-refractivity contribution is 0.667. The van der Waals surface area contributed by atoms with Gasteiger partial charge in [0.1, 0.15) is 0 Å². The molecule has 0 amide bonds. The predicted octanol–water partition coefficient (Wildman–Crippen LogP) is 3.23. The Hall–Kier alpha value is -0.540. The maximum Gasteiger partial charge on any atom is 0.0591 e. The molecule has 82 valence electrons. The van der Waals surface area contributed by atoms with E-state index in [0.29, 0.717) is 6.04 Å². The SMILES string of the molecule is Nc1ccc(Cl)cc1NC1CCSCC1. The van der Waals surface area contributed by atoms with Gasteiger partial charge in [-0.2, -0.15) is 11.8 Å². The van der Waals surface area contributed by atoms with Crippen LogP contribution in [0, 0.1) is 0 Å². The van der Waals surface area contributed by atoms with Gasteiger partial charge in [0.2, 0.25) is 0 Å². The zero-order chi connectivity index (χ0) is 10.7. The van der Waals surface area contributed by atoms with E-state index in [1.54, 1.807) is 0 Å². The number of thioether (sulfide) groups is 1. The molecule has 1 heterocycles. The van der Waals surface area contributed by atoms with Gasteiger partial charge in [0, 0.05) is 11.1 Å². The quantitative estimate of drug-likeness (QED) is 0.782. The first-order valence-corrected chi connectivity index (χ1v) is 6.68. The second kappa shape index (κ2) is 4.99. The normalized spacial score (nSPS) is 17.7. The van der Waals surface area contributed by atoms with Crippen LogP contribution >= 0.6 is 23.4 Å². The highest BCUT2D eigenvalue weighted by molar-refractivity contribution is 7.99. The summed E-state index contributed by atoms with van der Waals surface area (Å²) >= 11 is 7.95. The zero-order valence-corrected chi connectivity index (χ0v) is 10.1. The van der Waals surface area contributed by atoms with Gasteiger partial charge in [0.15, 0.2) is 0 Å². The summed E-state index contributed by atoms with van der Waals surface area (Å²) < 4.78 is 0. The molecule has 1 aromatic rings. The third-order valence-electron chi connectivity index (χ3n) is 2.60. The summed E-state index contributed by atoms with van der Waals surface area (Å²) in [5, 5.41) is 4.20. The van der Waals surface area contributed by atoms with Gasteiger partial charge >= 0.3 is 0 Å². The molecule has 1 fully saturated rings. The Labute approximate surface area is 99.6 Å². The van der Waals surface area contributed by atoms with Crippen molar-refractivity contribution < 1.29 is 0 Å². The first kappa shape index (κ1) is 11.0. The van der Waals surface area contributed by atoms with Crippen molar-refractivity contribution in [1.29, 1.82) is 0 Å². The fourth-order valence-corrected chi connectivity index (χ4v) is 2.99. The number of nitrogen functional groups attached to an aromatic ring is 1. The molecule has 4 heteroatoms. The molecule has 0 unspecified atom stereocenters. The topological polar surface area (TPSA) is 38.0 Å². The number of benzene rings is 1. The van der Waals surface area contributed by atoms with E-state index in [9.17, 15) is 0 Å². The molecule has 0 aliphatic carbocycles. The monoisotopic (exact) mass is 242 g/mol. The lowest BCUT2D eigenvalue weighted by Crippen LogP contribution is -2.24. The Morgan fingerprint density at radius 1 is 1.33 bits per heavy atom. The highest BCUT2D eigenvalue weighted by atomic mass is 35.5. The molecule has 1 aliphatic heterocycles. The molecular formula is C11H15ClN2S. The Kier molecular flexibility index (Phi) is 3.65. The first-order valence-electron chi connectivity index (χ1n) is 5.15. The molecule has 0 radical (unpaired) electrons. The van der Waals surface area contributed by atoms with Gasteiger partial charge in [-0.15, -0.1) is 0 Å². The maximum atomic E-state index is 5.93. The van der Waals surface area contributed by atoms with Crippen molar-refractivity contribution in [1.82, 2.24) is 0 Å². The minimum Gasteiger partial charge on any atom is -0.397 e. The highest BCUT2D eigenvalue weighted by Crippen LogP contribution is 2.26. The molecule has 0 saturated carbocycles. The maximum absolute atomic E-state index is 5.93. The molecule has 1 saturated heterocycles. The van der Waals surface area contributed by atoms with Crippen LogP contribution in [0.3, 0.4) is 0 Å². The third kappa shape index (κ3) is 2.95. The van der Waals surface area contributed by atoms with E-state index in [2.05, 4.69) is 5.32 Å². The number of halogens is 1. The molecule has 1 aliphatic rings. The van der Waals surface area contributed by atoms with Gasteiger partial charge in [-0.25, -0.2) is 0 Å². The molecule has 0 aromatic heterocycles. The molecule has 0 bridgehead atoms. The average molecular weight is 243 g/mol. The van der Waals surface area contributed by atoms with Crippen molar-refractivity contribution in [2.24, 2.45) is 0 Å². The second-order valence-corrected chi connectivity index (χ2v) is 5.42. The van der Waals surface area contributed by atoms with Gasteiger partial charge in [-0.05, 0) is 42.5 Å². The highest BCUT2D eigenvalue weighted by Gasteiger charge is 2.14. The summed E-state index contributed by atoms with van der Waals surface area (Å²) in [6, 6.07) is 6.12. The van der Waals surface area contributed by atoms with Crippen LogP contribution in [-0.4, -0.2) is 17.5 Å². The van der Waals surface area contributed by atoms with Crippen molar-refractivity contribution in [2.45, 2.75) is 18.9 Å². The van der Waals surface area contributed by atoms with Gasteiger partial charge in [-0.1, -0.05) is 11.6 Å². The number of hydrogen-bond acceptors (Lipinski definition) is 3. The molecule has 15 heavy (non-hydrogen) atoms. The molecular weight excluding hydrogens is 228 g/mol. The number of hydrogen-bond donors (Lipinski definition) is 2. The van der Waals surface area contributed by atoms with Crippen LogP contribution in [0.4, 0.5) is 11.4 Å². The van der Waals surface area contributed by atoms with Crippen LogP contribution in [0.15, 0.2) is 18.2 Å². The second-order valence-electron chi connectivity index (χ2n) is 3.76. The fourth-order valence-electron chi connectivity index (χ4n) is 1.72. The van der Waals surface area contributed by atoms with Crippen LogP contribution < -0.4 is 11.1 Å². The van der Waals surface area contributed by atoms with Crippen LogP contribution in [0.1, 0.15) is 12.8 Å². The largest absolute Gasteiger partial charge is 0.397 e. The molecule has 1 aromatic carbocycles. The van der Waals surface area contributed by atoms with Crippen molar-refractivity contribution >= 4 is 34.7 Å². The van der Waals surface area contributed by atoms with Gasteiger partial charge in [0.25, 0.3) is 0 Å². The predicted molar refractivity (Wildman–Crippen MR) is 69.8 cm³/mol. The summed E-state index contributed by atoms with van der Waals surface area (Å²) in [7, 11) is 0. The smallest absolute Gasteiger partial charge is 0.0591 e. The summed E-state index contributed by atoms with van der Waals surface area (Å²) in [6.07, 6.45) is 2.41. The zero-order valence-electron chi connectivity index (χ0n) is 8.50. The minimum absolute atomic E-state index is 0.548. The number of rotatable bonds is 2. The molecule has 2 nitrogen and oxygen atoms in total. The first-order chi connectivity index (χ1) is 7.25. The third-order valence-corrected chi connectivity index (χ3v) is 3.88. The minimum atomic E-state index is 0.548. The fraction of sp³-hybridized carbons (Fsp3) is 0.455. The average Bonchev–Trinajstić information content (AvgIpc) is 2.25. The van der Waals surface area contributed by atoms with Crippen LogP contribution in [0.25, 0.3) is 0 Å². The summed E-state index contributed by atoms with van der Waals surface area (Å²) in [5.74, 6) is 2.47. The Morgan fingerprint density at radius 3 is 2.80 bits per heavy atom. The van der Waals surface area contributed by atoms with E-state index in [1.165, 1.54) is 24.3 Å². The van der Waals surface area contributed by atoms with E-state index in [-0.39, 0.29) is 0 Å². The Morgan fingerprint density at radius 2 is 2.07 bits per heavy atom. The summed E-state index contributed by atoms with van der Waals surface area (Å²) in [4.78, 5) is 0. The number of anilines is 2. The van der Waals surface area contributed by atoms with Crippen molar-refractivity contribution in [2.75, 3.05) is 22.6 Å². The van der Waals surface area contributed by atoms with E-state index in [1.807, 2.05) is 30.0 Å². The van der Waals surface area contributed by atoms with E-state index in [4.69, 9.17) is 17.3 Å². The Bertz CT molecular complexity index is 337. The summed E-state index contributed by atoms with van der Waals surface area (Å²) in [6.45, 7) is 0. The molecule has 0 atom stereocenters. The lowest BCUT2D eigenvalue weighted by Gasteiger charge is -2.24. The molecule has 0 spiro atoms. The summed E-state index contributed by atoms with van der Waals surface area (Å²) in [5.41, 5.74) is 7.63. The van der Waals surface area contributed by atoms with Gasteiger partial charge in [0.05, 0.1) is 11.4 Å². The standard InChI is InChI=1S/C11H15ClN2S/c12-8-1-2-10(13)11(7-8)14-9-3-5-15-6-4-9/h1-2,7,9,14H,3-6,13H2. The number of nitrogens with two attached hydrogens (primary N) is 1. The molecule has 3 N–H and O–H groups in total. The molecule has 2 rings (SSSR count). The van der Waals surface area contributed by atoms with Gasteiger partial charge < -0.3 is 11.1 Å². The van der Waals surface area contributed by atoms with E-state index >= 15 is 0 Å². The van der Waals surface area contributed by atoms with E-state index in [0.717, 1.165) is 16.4 Å². The van der Waals surface area contributed by atoms with Crippen molar-refractivity contribution in [3.05, 3.63) is 23.2 Å². The van der Waals surface area contributed by atoms with Crippen molar-refractivity contribution in [3.8, 4) is 0 Å². The van der Waals surface area contributed by atoms with Crippen LogP contribution in [-0.2, 0) is 0 Å². The van der Waals surface area contributed by atoms with Gasteiger partial charge in [-0.3, -0.25) is 0 Å². The Balaban J connectivity index is 2.05. The van der Waals surface area contributed by atoms with Crippen molar-refractivity contribution in [3.63, 3.8) is 0 Å². The van der Waals surface area contributed by atoms with Crippen LogP contribution in [0.2, 0.25) is 5.02 Å². The van der Waals surface area contributed by atoms with Crippen LogP contribution in [0.5, 0.6) is 0 Å².